The zero-order valence-electron chi connectivity index (χ0n) is 9.81. The first-order valence-corrected chi connectivity index (χ1v) is 7.08. The maximum absolute atomic E-state index is 11.6. The van der Waals surface area contributed by atoms with E-state index in [0.717, 1.165) is 14.6 Å². The molecule has 1 aromatic heterocycles. The van der Waals surface area contributed by atoms with Gasteiger partial charge >= 0.3 is 0 Å². The van der Waals surface area contributed by atoms with E-state index in [-0.39, 0.29) is 0 Å². The van der Waals surface area contributed by atoms with Crippen molar-refractivity contribution >= 4 is 43.5 Å². The smallest absolute Gasteiger partial charge is 0.246 e. The van der Waals surface area contributed by atoms with E-state index in [4.69, 9.17) is 5.73 Å². The van der Waals surface area contributed by atoms with E-state index in [1.54, 1.807) is 12.3 Å². The Morgan fingerprint density at radius 2 is 2.00 bits per heavy atom. The summed E-state index contributed by atoms with van der Waals surface area (Å²) in [5, 5.41) is 3.07. The van der Waals surface area contributed by atoms with E-state index < -0.39 is 11.9 Å². The molecule has 0 aliphatic rings. The minimum atomic E-state index is -0.664. The van der Waals surface area contributed by atoms with Gasteiger partial charge in [0.15, 0.2) is 0 Å². The van der Waals surface area contributed by atoms with Crippen molar-refractivity contribution in [2.45, 2.75) is 6.04 Å². The number of rotatable bonds is 4. The summed E-state index contributed by atoms with van der Waals surface area (Å²) >= 11 is 6.68. The Bertz CT molecular complexity index is 587. The summed E-state index contributed by atoms with van der Waals surface area (Å²) in [6.07, 6.45) is 1.63. The van der Waals surface area contributed by atoms with Crippen LogP contribution in [0.25, 0.3) is 0 Å². The van der Waals surface area contributed by atoms with Crippen LogP contribution in [0.5, 0.6) is 0 Å². The maximum atomic E-state index is 11.6. The first-order chi connectivity index (χ1) is 9.06. The van der Waals surface area contributed by atoms with Gasteiger partial charge in [-0.05, 0) is 46.3 Å². The lowest BCUT2D eigenvalue weighted by molar-refractivity contribution is -0.118. The number of carbonyl (C=O) groups is 1. The van der Waals surface area contributed by atoms with Crippen molar-refractivity contribution in [3.8, 4) is 0 Å². The number of hydrogen-bond donors (Lipinski definition) is 2. The number of nitrogens with one attached hydrogen (secondary N) is 1. The third-order valence-electron chi connectivity index (χ3n) is 2.47. The van der Waals surface area contributed by atoms with Gasteiger partial charge in [-0.25, -0.2) is 0 Å². The summed E-state index contributed by atoms with van der Waals surface area (Å²) in [6.45, 7) is 0. The molecule has 4 nitrogen and oxygen atoms in total. The summed E-state index contributed by atoms with van der Waals surface area (Å²) in [5.74, 6) is -0.477. The van der Waals surface area contributed by atoms with E-state index in [9.17, 15) is 4.79 Å². The third-order valence-corrected chi connectivity index (χ3v) is 3.43. The Labute approximate surface area is 127 Å². The third kappa shape index (κ3) is 3.78. The second-order valence-corrected chi connectivity index (χ2v) is 5.72. The van der Waals surface area contributed by atoms with E-state index in [1.165, 1.54) is 0 Å². The second-order valence-electron chi connectivity index (χ2n) is 3.89. The molecule has 0 saturated heterocycles. The first-order valence-electron chi connectivity index (χ1n) is 5.49. The second kappa shape index (κ2) is 6.16. The number of aromatic nitrogens is 1. The van der Waals surface area contributed by atoms with Crippen LogP contribution >= 0.6 is 31.9 Å². The molecule has 0 bridgehead atoms. The number of primary amides is 1. The molecule has 0 saturated carbocycles. The number of halogens is 2. The van der Waals surface area contributed by atoms with Crippen LogP contribution in [0.3, 0.4) is 0 Å². The number of hydrogen-bond acceptors (Lipinski definition) is 3. The fourth-order valence-electron chi connectivity index (χ4n) is 1.59. The molecule has 0 aliphatic heterocycles. The maximum Gasteiger partial charge on any atom is 0.246 e. The highest BCUT2D eigenvalue weighted by molar-refractivity contribution is 9.10. The Balaban J connectivity index is 2.26. The topological polar surface area (TPSA) is 68.0 Å². The van der Waals surface area contributed by atoms with Crippen molar-refractivity contribution in [2.75, 3.05) is 5.32 Å². The molecular formula is C13H11Br2N3O. The fraction of sp³-hybridized carbons (Fsp3) is 0.0769. The fourth-order valence-corrected chi connectivity index (χ4v) is 2.23. The van der Waals surface area contributed by atoms with Gasteiger partial charge in [-0.2, -0.15) is 0 Å². The lowest BCUT2D eigenvalue weighted by Gasteiger charge is -2.16. The molecule has 0 spiro atoms. The van der Waals surface area contributed by atoms with Crippen molar-refractivity contribution in [3.05, 3.63) is 57.2 Å². The van der Waals surface area contributed by atoms with Crippen LogP contribution in [0.1, 0.15) is 11.7 Å². The SMILES string of the molecule is NC(=O)C(Nc1cccc(Br)c1)c1ccc(Br)cn1. The van der Waals surface area contributed by atoms with Gasteiger partial charge in [-0.15, -0.1) is 0 Å². The Morgan fingerprint density at radius 3 is 2.58 bits per heavy atom. The molecule has 98 valence electrons. The van der Waals surface area contributed by atoms with Crippen LogP contribution in [0.2, 0.25) is 0 Å². The van der Waals surface area contributed by atoms with Crippen LogP contribution in [0.15, 0.2) is 51.5 Å². The van der Waals surface area contributed by atoms with Gasteiger partial charge in [0.05, 0.1) is 5.69 Å². The summed E-state index contributed by atoms with van der Waals surface area (Å²) < 4.78 is 1.77. The van der Waals surface area contributed by atoms with Crippen molar-refractivity contribution < 1.29 is 4.79 Å². The minimum absolute atomic E-state index is 0.477. The Hall–Kier alpha value is -1.40. The quantitative estimate of drug-likeness (QED) is 0.850. The first kappa shape index (κ1) is 14.0. The molecule has 6 heteroatoms. The van der Waals surface area contributed by atoms with Gasteiger partial charge in [-0.1, -0.05) is 22.0 Å². The predicted molar refractivity (Wildman–Crippen MR) is 81.6 cm³/mol. The number of amides is 1. The number of nitrogens with zero attached hydrogens (tertiary/aromatic N) is 1. The van der Waals surface area contributed by atoms with Gasteiger partial charge in [0, 0.05) is 20.8 Å². The van der Waals surface area contributed by atoms with Crippen LogP contribution in [0, 0.1) is 0 Å². The molecule has 1 atom stereocenters. The summed E-state index contributed by atoms with van der Waals surface area (Å²) in [4.78, 5) is 15.8. The number of anilines is 1. The molecule has 1 amide bonds. The normalized spacial score (nSPS) is 11.9. The largest absolute Gasteiger partial charge is 0.369 e. The molecule has 2 rings (SSSR count). The van der Waals surface area contributed by atoms with Crippen molar-refractivity contribution in [2.24, 2.45) is 5.73 Å². The molecule has 2 aromatic rings. The molecule has 19 heavy (non-hydrogen) atoms. The highest BCUT2D eigenvalue weighted by Crippen LogP contribution is 2.22. The summed E-state index contributed by atoms with van der Waals surface area (Å²) in [6, 6.07) is 10.4. The number of pyridine rings is 1. The zero-order chi connectivity index (χ0) is 13.8. The van der Waals surface area contributed by atoms with Gasteiger partial charge in [0.1, 0.15) is 6.04 Å². The van der Waals surface area contributed by atoms with E-state index in [1.807, 2.05) is 30.3 Å². The van der Waals surface area contributed by atoms with E-state index >= 15 is 0 Å². The Morgan fingerprint density at radius 1 is 1.21 bits per heavy atom. The van der Waals surface area contributed by atoms with Crippen LogP contribution in [0.4, 0.5) is 5.69 Å². The highest BCUT2D eigenvalue weighted by atomic mass is 79.9. The number of benzene rings is 1. The molecule has 0 aliphatic carbocycles. The van der Waals surface area contributed by atoms with Gasteiger partial charge in [-0.3, -0.25) is 9.78 Å². The summed E-state index contributed by atoms with van der Waals surface area (Å²) in [7, 11) is 0. The van der Waals surface area contributed by atoms with Crippen molar-refractivity contribution in [1.29, 1.82) is 0 Å². The monoisotopic (exact) mass is 383 g/mol. The lowest BCUT2D eigenvalue weighted by atomic mass is 10.1. The molecule has 1 unspecified atom stereocenters. The van der Waals surface area contributed by atoms with Crippen LogP contribution in [-0.2, 0) is 4.79 Å². The zero-order valence-corrected chi connectivity index (χ0v) is 13.0. The number of nitrogens with two attached hydrogens (primary N) is 1. The molecule has 1 aromatic carbocycles. The van der Waals surface area contributed by atoms with Crippen molar-refractivity contribution in [1.82, 2.24) is 4.98 Å². The Kier molecular flexibility index (Phi) is 4.55. The number of carbonyl (C=O) groups excluding carboxylic acids is 1. The average molecular weight is 385 g/mol. The lowest BCUT2D eigenvalue weighted by Crippen LogP contribution is -2.28. The van der Waals surface area contributed by atoms with Gasteiger partial charge < -0.3 is 11.1 Å². The standard InChI is InChI=1S/C13H11Br2N3O/c14-8-2-1-3-10(6-8)18-12(13(16)19)11-5-4-9(15)7-17-11/h1-7,12,18H,(H2,16,19). The van der Waals surface area contributed by atoms with E-state index in [2.05, 4.69) is 42.2 Å². The summed E-state index contributed by atoms with van der Waals surface area (Å²) in [5.41, 5.74) is 6.80. The van der Waals surface area contributed by atoms with Crippen LogP contribution < -0.4 is 11.1 Å². The van der Waals surface area contributed by atoms with Gasteiger partial charge in [0.25, 0.3) is 0 Å². The average Bonchev–Trinajstić information content (AvgIpc) is 2.37. The molecule has 0 fully saturated rings. The molecule has 3 N–H and O–H groups in total. The van der Waals surface area contributed by atoms with Gasteiger partial charge in [0.2, 0.25) is 5.91 Å². The highest BCUT2D eigenvalue weighted by Gasteiger charge is 2.18. The molecule has 1 heterocycles. The van der Waals surface area contributed by atoms with Crippen molar-refractivity contribution in [3.63, 3.8) is 0 Å². The van der Waals surface area contributed by atoms with E-state index in [0.29, 0.717) is 5.69 Å². The minimum Gasteiger partial charge on any atom is -0.369 e. The van der Waals surface area contributed by atoms with Crippen LogP contribution in [-0.4, -0.2) is 10.9 Å². The molecular weight excluding hydrogens is 374 g/mol. The predicted octanol–water partition coefficient (Wildman–Crippen LogP) is 3.25. The molecule has 0 radical (unpaired) electrons.